The van der Waals surface area contributed by atoms with Crippen LogP contribution >= 0.6 is 11.8 Å². The summed E-state index contributed by atoms with van der Waals surface area (Å²) in [5, 5.41) is 3.15. The van der Waals surface area contributed by atoms with Gasteiger partial charge >= 0.3 is 0 Å². The lowest BCUT2D eigenvalue weighted by atomic mass is 10.0. The van der Waals surface area contributed by atoms with Crippen LogP contribution in [0.1, 0.15) is 64.5 Å². The molecule has 2 aromatic carbocycles. The largest absolute Gasteiger partial charge is 0.325 e. The molecule has 0 unspecified atom stereocenters. The standard InChI is InChI=1S/C27H32N4O2S/c1-6-23(25(32)28-19-13-11-18(12-14-19)17(4)5)34-27-30-21-10-8-7-9-20(21)24-29-22(15-16(2)3)26(33)31(24)27/h7-14,16-17,22-23H,6,15H2,1-5H3,(H,28,32)/t22-,23-/m1/s1. The summed E-state index contributed by atoms with van der Waals surface area (Å²) in [7, 11) is 0. The van der Waals surface area contributed by atoms with E-state index in [1.807, 2.05) is 55.5 Å². The van der Waals surface area contributed by atoms with Crippen molar-refractivity contribution in [2.24, 2.45) is 15.9 Å². The highest BCUT2D eigenvalue weighted by atomic mass is 32.2. The summed E-state index contributed by atoms with van der Waals surface area (Å²) in [6.45, 7) is 10.4. The fourth-order valence-electron chi connectivity index (χ4n) is 4.10. The lowest BCUT2D eigenvalue weighted by Crippen LogP contribution is -2.42. The van der Waals surface area contributed by atoms with Crippen LogP contribution in [0, 0.1) is 5.92 Å². The number of aliphatic imine (C=N–C) groups is 2. The van der Waals surface area contributed by atoms with Gasteiger partial charge in [0.25, 0.3) is 5.91 Å². The third-order valence-electron chi connectivity index (χ3n) is 6.00. The van der Waals surface area contributed by atoms with E-state index in [0.29, 0.717) is 35.7 Å². The van der Waals surface area contributed by atoms with Gasteiger partial charge in [-0.25, -0.2) is 9.89 Å². The Morgan fingerprint density at radius 2 is 1.79 bits per heavy atom. The number of amidine groups is 2. The molecule has 2 heterocycles. The minimum absolute atomic E-state index is 0.0658. The van der Waals surface area contributed by atoms with E-state index in [0.717, 1.165) is 16.9 Å². The van der Waals surface area contributed by atoms with E-state index in [2.05, 4.69) is 33.0 Å². The average molecular weight is 477 g/mol. The smallest absolute Gasteiger partial charge is 0.259 e. The van der Waals surface area contributed by atoms with Gasteiger partial charge in [-0.2, -0.15) is 0 Å². The normalized spacial score (nSPS) is 17.9. The molecular weight excluding hydrogens is 444 g/mol. The molecule has 0 bridgehead atoms. The van der Waals surface area contributed by atoms with Crippen LogP contribution in [0.25, 0.3) is 0 Å². The molecule has 0 radical (unpaired) electrons. The highest BCUT2D eigenvalue weighted by Gasteiger charge is 2.42. The number of rotatable bonds is 7. The van der Waals surface area contributed by atoms with Crippen molar-refractivity contribution in [1.82, 2.24) is 4.90 Å². The summed E-state index contributed by atoms with van der Waals surface area (Å²) >= 11 is 1.33. The third kappa shape index (κ3) is 4.94. The molecule has 34 heavy (non-hydrogen) atoms. The number of carbonyl (C=O) groups excluding carboxylic acids is 2. The second kappa shape index (κ2) is 10.1. The fourth-order valence-corrected chi connectivity index (χ4v) is 5.12. The fraction of sp³-hybridized carbons (Fsp3) is 0.407. The molecule has 178 valence electrons. The van der Waals surface area contributed by atoms with Crippen molar-refractivity contribution in [3.8, 4) is 0 Å². The zero-order valence-electron chi connectivity index (χ0n) is 20.4. The van der Waals surface area contributed by atoms with Crippen molar-refractivity contribution < 1.29 is 9.59 Å². The quantitative estimate of drug-likeness (QED) is 0.535. The summed E-state index contributed by atoms with van der Waals surface area (Å²) in [5.41, 5.74) is 3.62. The van der Waals surface area contributed by atoms with Gasteiger partial charge in [0, 0.05) is 11.3 Å². The Bertz CT molecular complexity index is 1140. The first kappa shape index (κ1) is 24.2. The van der Waals surface area contributed by atoms with Crippen molar-refractivity contribution in [2.75, 3.05) is 5.32 Å². The maximum Gasteiger partial charge on any atom is 0.259 e. The number of thioether (sulfide) groups is 1. The van der Waals surface area contributed by atoms with Gasteiger partial charge in [-0.05, 0) is 54.5 Å². The van der Waals surface area contributed by atoms with E-state index in [4.69, 9.17) is 9.98 Å². The van der Waals surface area contributed by atoms with Gasteiger partial charge in [-0.3, -0.25) is 14.6 Å². The Balaban J connectivity index is 1.57. The van der Waals surface area contributed by atoms with Crippen LogP contribution in [0.3, 0.4) is 0 Å². The van der Waals surface area contributed by atoms with Crippen molar-refractivity contribution in [2.45, 2.75) is 64.7 Å². The molecule has 0 saturated heterocycles. The lowest BCUT2D eigenvalue weighted by molar-refractivity contribution is -0.125. The molecule has 2 atom stereocenters. The first-order valence-corrected chi connectivity index (χ1v) is 12.8. The number of para-hydroxylation sites is 1. The number of nitrogens with zero attached hydrogens (tertiary/aromatic N) is 3. The predicted molar refractivity (Wildman–Crippen MR) is 141 cm³/mol. The Hall–Kier alpha value is -2.93. The number of hydrogen-bond donors (Lipinski definition) is 1. The van der Waals surface area contributed by atoms with Crippen LogP contribution in [0.15, 0.2) is 58.5 Å². The van der Waals surface area contributed by atoms with Crippen LogP contribution in [0.4, 0.5) is 11.4 Å². The third-order valence-corrected chi connectivity index (χ3v) is 7.31. The number of nitrogens with one attached hydrogen (secondary N) is 1. The number of hydrogen-bond acceptors (Lipinski definition) is 5. The summed E-state index contributed by atoms with van der Waals surface area (Å²) in [6, 6.07) is 15.3. The molecule has 1 N–H and O–H groups in total. The van der Waals surface area contributed by atoms with Crippen molar-refractivity contribution in [3.05, 3.63) is 59.7 Å². The van der Waals surface area contributed by atoms with Gasteiger partial charge in [0.2, 0.25) is 5.91 Å². The maximum atomic E-state index is 13.3. The van der Waals surface area contributed by atoms with Crippen LogP contribution in [-0.4, -0.2) is 39.0 Å². The summed E-state index contributed by atoms with van der Waals surface area (Å²) in [5.74, 6) is 1.26. The number of anilines is 1. The average Bonchev–Trinajstić information content (AvgIpc) is 3.13. The molecule has 2 aliphatic heterocycles. The molecule has 6 nitrogen and oxygen atoms in total. The first-order valence-electron chi connectivity index (χ1n) is 12.0. The summed E-state index contributed by atoms with van der Waals surface area (Å²) < 4.78 is 0. The zero-order chi connectivity index (χ0) is 24.4. The molecule has 2 amide bonds. The van der Waals surface area contributed by atoms with Crippen molar-refractivity contribution in [1.29, 1.82) is 0 Å². The Labute approximate surface area is 205 Å². The molecule has 0 spiro atoms. The van der Waals surface area contributed by atoms with E-state index in [9.17, 15) is 9.59 Å². The topological polar surface area (TPSA) is 74.1 Å². The number of benzene rings is 2. The molecule has 0 aliphatic carbocycles. The van der Waals surface area contributed by atoms with E-state index in [1.54, 1.807) is 4.90 Å². The Morgan fingerprint density at radius 3 is 2.44 bits per heavy atom. The Morgan fingerprint density at radius 1 is 1.09 bits per heavy atom. The molecule has 0 fully saturated rings. The number of fused-ring (bicyclic) bond motifs is 3. The molecular formula is C27H32N4O2S. The lowest BCUT2D eigenvalue weighted by Gasteiger charge is -2.27. The van der Waals surface area contributed by atoms with E-state index < -0.39 is 11.3 Å². The number of amides is 2. The number of carbonyl (C=O) groups is 2. The summed E-state index contributed by atoms with van der Waals surface area (Å²) in [6.07, 6.45) is 1.29. The monoisotopic (exact) mass is 476 g/mol. The molecule has 0 aromatic heterocycles. The maximum absolute atomic E-state index is 13.3. The van der Waals surface area contributed by atoms with Gasteiger partial charge < -0.3 is 5.32 Å². The second-order valence-electron chi connectivity index (χ2n) is 9.46. The zero-order valence-corrected chi connectivity index (χ0v) is 21.2. The van der Waals surface area contributed by atoms with Crippen LogP contribution in [0.5, 0.6) is 0 Å². The Kier molecular flexibility index (Phi) is 7.22. The van der Waals surface area contributed by atoms with Gasteiger partial charge in [-0.1, -0.05) is 70.6 Å². The minimum Gasteiger partial charge on any atom is -0.325 e. The highest BCUT2D eigenvalue weighted by Crippen LogP contribution is 2.36. The molecule has 2 aromatic rings. The van der Waals surface area contributed by atoms with E-state index in [1.165, 1.54) is 17.3 Å². The molecule has 2 aliphatic rings. The van der Waals surface area contributed by atoms with Crippen molar-refractivity contribution >= 4 is 46.0 Å². The SMILES string of the molecule is CC[C@@H](SC1=Nc2ccccc2C2=N[C@H](CC(C)C)C(=O)N12)C(=O)Nc1ccc(C(C)C)cc1. The summed E-state index contributed by atoms with van der Waals surface area (Å²) in [4.78, 5) is 37.7. The van der Waals surface area contributed by atoms with Gasteiger partial charge in [0.15, 0.2) is 5.17 Å². The van der Waals surface area contributed by atoms with Gasteiger partial charge in [0.1, 0.15) is 11.9 Å². The van der Waals surface area contributed by atoms with E-state index >= 15 is 0 Å². The van der Waals surface area contributed by atoms with Crippen LogP contribution < -0.4 is 5.32 Å². The van der Waals surface area contributed by atoms with E-state index in [-0.39, 0.29) is 11.8 Å². The highest BCUT2D eigenvalue weighted by molar-refractivity contribution is 8.15. The molecule has 7 heteroatoms. The van der Waals surface area contributed by atoms with Crippen LogP contribution in [-0.2, 0) is 9.59 Å². The molecule has 4 rings (SSSR count). The first-order chi connectivity index (χ1) is 16.3. The van der Waals surface area contributed by atoms with Gasteiger partial charge in [0.05, 0.1) is 10.9 Å². The predicted octanol–water partition coefficient (Wildman–Crippen LogP) is 5.97. The molecule has 0 saturated carbocycles. The van der Waals surface area contributed by atoms with Gasteiger partial charge in [-0.15, -0.1) is 0 Å². The van der Waals surface area contributed by atoms with Crippen molar-refractivity contribution in [3.63, 3.8) is 0 Å². The minimum atomic E-state index is -0.416. The van der Waals surface area contributed by atoms with Crippen LogP contribution in [0.2, 0.25) is 0 Å². The second-order valence-corrected chi connectivity index (χ2v) is 10.6.